The Hall–Kier alpha value is -1.06. The third-order valence-corrected chi connectivity index (χ3v) is 2.22. The summed E-state index contributed by atoms with van der Waals surface area (Å²) in [6, 6.07) is 7.92. The number of aryl methyl sites for hydroxylation is 1. The zero-order valence-corrected chi connectivity index (χ0v) is 9.36. The van der Waals surface area contributed by atoms with Crippen LogP contribution in [0.4, 0.5) is 0 Å². The van der Waals surface area contributed by atoms with Gasteiger partial charge in [-0.05, 0) is 25.1 Å². The molecule has 0 amide bonds. The van der Waals surface area contributed by atoms with Gasteiger partial charge in [-0.15, -0.1) is 0 Å². The predicted octanol–water partition coefficient (Wildman–Crippen LogP) is 1.21. The van der Waals surface area contributed by atoms with E-state index in [0.717, 1.165) is 12.2 Å². The van der Waals surface area contributed by atoms with Crippen molar-refractivity contribution >= 4 is 0 Å². The van der Waals surface area contributed by atoms with Gasteiger partial charge in [-0.1, -0.05) is 25.1 Å². The Morgan fingerprint density at radius 1 is 1.40 bits per heavy atom. The second kappa shape index (κ2) is 6.43. The van der Waals surface area contributed by atoms with Gasteiger partial charge in [0, 0.05) is 6.54 Å². The van der Waals surface area contributed by atoms with E-state index in [1.165, 1.54) is 5.56 Å². The van der Waals surface area contributed by atoms with Crippen LogP contribution < -0.4 is 10.1 Å². The Kier molecular flexibility index (Phi) is 5.15. The lowest BCUT2D eigenvalue weighted by atomic mass is 10.1. The molecule has 3 nitrogen and oxygen atoms in total. The minimum absolute atomic E-state index is 0.331. The van der Waals surface area contributed by atoms with E-state index < -0.39 is 6.10 Å². The third kappa shape index (κ3) is 3.90. The van der Waals surface area contributed by atoms with Gasteiger partial charge in [-0.2, -0.15) is 0 Å². The zero-order valence-electron chi connectivity index (χ0n) is 9.36. The van der Waals surface area contributed by atoms with Crippen molar-refractivity contribution in [3.8, 4) is 5.75 Å². The molecule has 0 spiro atoms. The quantitative estimate of drug-likeness (QED) is 0.740. The van der Waals surface area contributed by atoms with Gasteiger partial charge in [0.1, 0.15) is 18.5 Å². The van der Waals surface area contributed by atoms with Gasteiger partial charge in [0.25, 0.3) is 0 Å². The average molecular weight is 209 g/mol. The average Bonchev–Trinajstić information content (AvgIpc) is 2.27. The van der Waals surface area contributed by atoms with Crippen LogP contribution in [0.3, 0.4) is 0 Å². The van der Waals surface area contributed by atoms with Crippen molar-refractivity contribution in [3.05, 3.63) is 29.8 Å². The highest BCUT2D eigenvalue weighted by molar-refractivity contribution is 5.33. The maximum absolute atomic E-state index is 9.49. The lowest BCUT2D eigenvalue weighted by molar-refractivity contribution is 0.108. The summed E-state index contributed by atoms with van der Waals surface area (Å²) < 4.78 is 5.55. The van der Waals surface area contributed by atoms with Gasteiger partial charge in [-0.25, -0.2) is 0 Å². The molecule has 0 saturated heterocycles. The number of likely N-dealkylation sites (N-methyl/N-ethyl adjacent to an activating group) is 1. The first kappa shape index (κ1) is 12.0. The fourth-order valence-electron chi connectivity index (χ4n) is 1.42. The van der Waals surface area contributed by atoms with Crippen molar-refractivity contribution < 1.29 is 9.84 Å². The minimum Gasteiger partial charge on any atom is -0.491 e. The molecule has 84 valence electrons. The Morgan fingerprint density at radius 3 is 2.80 bits per heavy atom. The van der Waals surface area contributed by atoms with Gasteiger partial charge in [0.05, 0.1) is 0 Å². The van der Waals surface area contributed by atoms with Crippen LogP contribution in [-0.2, 0) is 6.42 Å². The first-order valence-corrected chi connectivity index (χ1v) is 5.31. The second-order valence-corrected chi connectivity index (χ2v) is 3.48. The summed E-state index contributed by atoms with van der Waals surface area (Å²) in [5, 5.41) is 12.4. The van der Waals surface area contributed by atoms with Crippen molar-refractivity contribution in [3.63, 3.8) is 0 Å². The van der Waals surface area contributed by atoms with Gasteiger partial charge in [0.15, 0.2) is 0 Å². The summed E-state index contributed by atoms with van der Waals surface area (Å²) in [6.45, 7) is 2.97. The van der Waals surface area contributed by atoms with E-state index in [4.69, 9.17) is 4.74 Å². The van der Waals surface area contributed by atoms with Crippen LogP contribution >= 0.6 is 0 Å². The minimum atomic E-state index is -0.458. The number of aliphatic hydroxyl groups excluding tert-OH is 1. The standard InChI is InChI=1S/C12H19NO2/c1-3-10-6-4-5-7-12(10)15-9-11(14)8-13-2/h4-7,11,13-14H,3,8-9H2,1-2H3. The monoisotopic (exact) mass is 209 g/mol. The molecule has 0 aliphatic heterocycles. The fraction of sp³-hybridized carbons (Fsp3) is 0.500. The van der Waals surface area contributed by atoms with Gasteiger partial charge in [-0.3, -0.25) is 0 Å². The Bertz CT molecular complexity index is 289. The summed E-state index contributed by atoms with van der Waals surface area (Å²) >= 11 is 0. The second-order valence-electron chi connectivity index (χ2n) is 3.48. The van der Waals surface area contributed by atoms with Crippen LogP contribution in [0.1, 0.15) is 12.5 Å². The molecule has 0 heterocycles. The summed E-state index contributed by atoms with van der Waals surface area (Å²) in [5.74, 6) is 0.871. The molecule has 1 rings (SSSR count). The molecular weight excluding hydrogens is 190 g/mol. The number of aliphatic hydroxyl groups is 1. The highest BCUT2D eigenvalue weighted by Crippen LogP contribution is 2.18. The molecule has 3 heteroatoms. The third-order valence-electron chi connectivity index (χ3n) is 2.22. The van der Waals surface area contributed by atoms with E-state index in [-0.39, 0.29) is 0 Å². The lowest BCUT2D eigenvalue weighted by Gasteiger charge is -2.13. The molecule has 0 fully saturated rings. The van der Waals surface area contributed by atoms with Crippen molar-refractivity contribution in [2.45, 2.75) is 19.4 Å². The molecule has 0 aliphatic carbocycles. The molecule has 0 bridgehead atoms. The van der Waals surface area contributed by atoms with Crippen LogP contribution in [0.2, 0.25) is 0 Å². The fourth-order valence-corrected chi connectivity index (χ4v) is 1.42. The number of rotatable bonds is 6. The van der Waals surface area contributed by atoms with Crippen LogP contribution in [-0.4, -0.2) is 31.4 Å². The number of nitrogens with one attached hydrogen (secondary N) is 1. The summed E-state index contributed by atoms with van der Waals surface area (Å²) in [7, 11) is 1.81. The van der Waals surface area contributed by atoms with Crippen LogP contribution in [0, 0.1) is 0 Å². The highest BCUT2D eigenvalue weighted by Gasteiger charge is 2.05. The van der Waals surface area contributed by atoms with Gasteiger partial charge in [0.2, 0.25) is 0 Å². The van der Waals surface area contributed by atoms with Crippen molar-refractivity contribution in [1.29, 1.82) is 0 Å². The summed E-state index contributed by atoms with van der Waals surface area (Å²) in [6.07, 6.45) is 0.484. The molecule has 0 saturated carbocycles. The normalized spacial score (nSPS) is 12.5. The molecule has 1 aromatic carbocycles. The van der Waals surface area contributed by atoms with E-state index in [1.54, 1.807) is 0 Å². The zero-order chi connectivity index (χ0) is 11.1. The molecule has 0 aliphatic rings. The molecule has 15 heavy (non-hydrogen) atoms. The Balaban J connectivity index is 2.49. The van der Waals surface area contributed by atoms with Gasteiger partial charge < -0.3 is 15.2 Å². The number of hydrogen-bond acceptors (Lipinski definition) is 3. The van der Waals surface area contributed by atoms with E-state index in [1.807, 2.05) is 31.3 Å². The predicted molar refractivity (Wildman–Crippen MR) is 61.2 cm³/mol. The number of ether oxygens (including phenoxy) is 1. The van der Waals surface area contributed by atoms with E-state index in [9.17, 15) is 5.11 Å². The number of para-hydroxylation sites is 1. The maximum atomic E-state index is 9.49. The highest BCUT2D eigenvalue weighted by atomic mass is 16.5. The molecular formula is C12H19NO2. The van der Waals surface area contributed by atoms with Crippen LogP contribution in [0.25, 0.3) is 0 Å². The number of hydrogen-bond donors (Lipinski definition) is 2. The van der Waals surface area contributed by atoms with Crippen LogP contribution in [0.5, 0.6) is 5.75 Å². The Morgan fingerprint density at radius 2 is 2.13 bits per heavy atom. The van der Waals surface area contributed by atoms with E-state index in [2.05, 4.69) is 12.2 Å². The molecule has 0 radical (unpaired) electrons. The lowest BCUT2D eigenvalue weighted by Crippen LogP contribution is -2.29. The topological polar surface area (TPSA) is 41.5 Å². The van der Waals surface area contributed by atoms with E-state index in [0.29, 0.717) is 13.2 Å². The van der Waals surface area contributed by atoms with Crippen molar-refractivity contribution in [2.75, 3.05) is 20.2 Å². The SMILES string of the molecule is CCc1ccccc1OCC(O)CNC. The molecule has 1 aromatic rings. The molecule has 1 atom stereocenters. The largest absolute Gasteiger partial charge is 0.491 e. The molecule has 1 unspecified atom stereocenters. The van der Waals surface area contributed by atoms with Gasteiger partial charge >= 0.3 is 0 Å². The molecule has 2 N–H and O–H groups in total. The van der Waals surface area contributed by atoms with Crippen LogP contribution in [0.15, 0.2) is 24.3 Å². The van der Waals surface area contributed by atoms with Crippen molar-refractivity contribution in [1.82, 2.24) is 5.32 Å². The summed E-state index contributed by atoms with van der Waals surface area (Å²) in [4.78, 5) is 0. The van der Waals surface area contributed by atoms with Crippen molar-refractivity contribution in [2.24, 2.45) is 0 Å². The first-order chi connectivity index (χ1) is 7.27. The summed E-state index contributed by atoms with van der Waals surface area (Å²) in [5.41, 5.74) is 1.18. The smallest absolute Gasteiger partial charge is 0.122 e. The maximum Gasteiger partial charge on any atom is 0.122 e. The Labute approximate surface area is 91.1 Å². The first-order valence-electron chi connectivity index (χ1n) is 5.31. The molecule has 0 aromatic heterocycles. The van der Waals surface area contributed by atoms with E-state index >= 15 is 0 Å². The number of benzene rings is 1.